The van der Waals surface area contributed by atoms with Gasteiger partial charge in [0.15, 0.2) is 0 Å². The third kappa shape index (κ3) is 33.4. The predicted octanol–water partition coefficient (Wildman–Crippen LogP) is 11.7. The number of aliphatic hydroxyl groups is 1. The topological polar surface area (TPSA) is 76.1 Å². The Bertz CT molecular complexity index is 672. The number of esters is 2. The summed E-state index contributed by atoms with van der Waals surface area (Å²) in [6, 6.07) is 0. The lowest BCUT2D eigenvalue weighted by molar-refractivity contribution is -0.149. The minimum atomic E-state index is -0.0327. The monoisotopic (exact) mass is 682 g/mol. The first-order valence-electron chi connectivity index (χ1n) is 21.2. The van der Waals surface area contributed by atoms with Crippen LogP contribution in [0.2, 0.25) is 0 Å². The van der Waals surface area contributed by atoms with Gasteiger partial charge in [0.1, 0.15) is 0 Å². The molecule has 0 spiro atoms. The van der Waals surface area contributed by atoms with Crippen molar-refractivity contribution in [3.63, 3.8) is 0 Å². The second kappa shape index (κ2) is 38.7. The molecule has 0 aliphatic heterocycles. The van der Waals surface area contributed by atoms with Crippen LogP contribution in [0.3, 0.4) is 0 Å². The van der Waals surface area contributed by atoms with E-state index >= 15 is 0 Å². The molecule has 48 heavy (non-hydrogen) atoms. The first-order chi connectivity index (χ1) is 23.6. The van der Waals surface area contributed by atoms with Crippen molar-refractivity contribution in [2.45, 2.75) is 213 Å². The number of carbonyl (C=O) groups excluding carboxylic acids is 2. The number of carbonyl (C=O) groups is 2. The number of ether oxygens (including phenoxy) is 2. The Kier molecular flexibility index (Phi) is 37.7. The van der Waals surface area contributed by atoms with E-state index in [1.807, 2.05) is 0 Å². The molecular weight excluding hydrogens is 598 g/mol. The molecule has 0 aromatic heterocycles. The van der Waals surface area contributed by atoms with E-state index in [-0.39, 0.29) is 24.5 Å². The van der Waals surface area contributed by atoms with Crippen LogP contribution in [-0.2, 0) is 19.1 Å². The lowest BCUT2D eigenvalue weighted by atomic mass is 9.94. The highest BCUT2D eigenvalue weighted by molar-refractivity contribution is 5.72. The molecule has 0 fully saturated rings. The molecule has 0 radical (unpaired) electrons. The highest BCUT2D eigenvalue weighted by atomic mass is 16.5. The number of nitrogens with zero attached hydrogens (tertiary/aromatic N) is 1. The van der Waals surface area contributed by atoms with Gasteiger partial charge in [0.05, 0.1) is 25.7 Å². The zero-order chi connectivity index (χ0) is 35.2. The molecule has 0 aliphatic carbocycles. The van der Waals surface area contributed by atoms with Crippen molar-refractivity contribution in [3.8, 4) is 0 Å². The van der Waals surface area contributed by atoms with Crippen LogP contribution in [0.25, 0.3) is 0 Å². The molecule has 286 valence electrons. The summed E-state index contributed by atoms with van der Waals surface area (Å²) in [6.07, 6.45) is 34.7. The Morgan fingerprint density at radius 1 is 0.479 bits per heavy atom. The van der Waals surface area contributed by atoms with Crippen LogP contribution >= 0.6 is 0 Å². The second-order valence-electron chi connectivity index (χ2n) is 14.5. The van der Waals surface area contributed by atoms with Gasteiger partial charge >= 0.3 is 11.9 Å². The fourth-order valence-corrected chi connectivity index (χ4v) is 6.56. The molecule has 0 amide bonds. The molecular formula is C42H83NO5. The third-order valence-electron chi connectivity index (χ3n) is 9.79. The van der Waals surface area contributed by atoms with Crippen molar-refractivity contribution in [1.82, 2.24) is 4.90 Å². The van der Waals surface area contributed by atoms with E-state index in [1.54, 1.807) is 0 Å². The summed E-state index contributed by atoms with van der Waals surface area (Å²) in [5.41, 5.74) is 0. The van der Waals surface area contributed by atoms with Crippen LogP contribution in [-0.4, -0.2) is 61.4 Å². The van der Waals surface area contributed by atoms with Crippen LogP contribution in [0.1, 0.15) is 213 Å². The summed E-state index contributed by atoms with van der Waals surface area (Å²) >= 11 is 0. The van der Waals surface area contributed by atoms with Crippen LogP contribution in [0.5, 0.6) is 0 Å². The Balaban J connectivity index is 3.92. The average Bonchev–Trinajstić information content (AvgIpc) is 3.08. The highest BCUT2D eigenvalue weighted by Crippen LogP contribution is 2.21. The summed E-state index contributed by atoms with van der Waals surface area (Å²) in [7, 11) is 0. The molecule has 6 nitrogen and oxygen atoms in total. The second-order valence-corrected chi connectivity index (χ2v) is 14.5. The van der Waals surface area contributed by atoms with Gasteiger partial charge in [-0.2, -0.15) is 0 Å². The lowest BCUT2D eigenvalue weighted by Crippen LogP contribution is -2.29. The Morgan fingerprint density at radius 2 is 0.875 bits per heavy atom. The van der Waals surface area contributed by atoms with E-state index in [4.69, 9.17) is 9.47 Å². The smallest absolute Gasteiger partial charge is 0.308 e. The van der Waals surface area contributed by atoms with Crippen LogP contribution < -0.4 is 0 Å². The zero-order valence-corrected chi connectivity index (χ0v) is 32.6. The highest BCUT2D eigenvalue weighted by Gasteiger charge is 2.19. The van der Waals surface area contributed by atoms with Gasteiger partial charge in [0, 0.05) is 13.0 Å². The van der Waals surface area contributed by atoms with Crippen LogP contribution in [0, 0.1) is 5.92 Å². The SMILES string of the molecule is CCCCCCCCOC(=O)CCCCCCCN(CCO)CCCCCCCOC(=O)C(CCCCCCC)CCCCCCCC. The summed E-state index contributed by atoms with van der Waals surface area (Å²) in [6.45, 7) is 10.9. The number of aliphatic hydroxyl groups excluding tert-OH is 1. The Morgan fingerprint density at radius 3 is 1.35 bits per heavy atom. The normalized spacial score (nSPS) is 12.1. The van der Waals surface area contributed by atoms with Crippen molar-refractivity contribution in [2.24, 2.45) is 5.92 Å². The Labute approximate surface area is 299 Å². The van der Waals surface area contributed by atoms with E-state index in [0.717, 1.165) is 96.7 Å². The first kappa shape index (κ1) is 46.9. The van der Waals surface area contributed by atoms with Crippen molar-refractivity contribution >= 4 is 11.9 Å². The van der Waals surface area contributed by atoms with E-state index in [1.165, 1.54) is 109 Å². The summed E-state index contributed by atoms with van der Waals surface area (Å²) in [4.78, 5) is 27.2. The molecule has 0 saturated heterocycles. The summed E-state index contributed by atoms with van der Waals surface area (Å²) < 4.78 is 11.2. The predicted molar refractivity (Wildman–Crippen MR) is 204 cm³/mol. The van der Waals surface area contributed by atoms with Gasteiger partial charge in [-0.1, -0.05) is 162 Å². The van der Waals surface area contributed by atoms with Gasteiger partial charge in [0.25, 0.3) is 0 Å². The van der Waals surface area contributed by atoms with Crippen LogP contribution in [0.15, 0.2) is 0 Å². The molecule has 1 atom stereocenters. The quantitative estimate of drug-likeness (QED) is 0.0514. The van der Waals surface area contributed by atoms with Crippen molar-refractivity contribution in [3.05, 3.63) is 0 Å². The summed E-state index contributed by atoms with van der Waals surface area (Å²) in [5.74, 6) is 0.119. The standard InChI is InChI=1S/C42H83NO5/c1-4-7-10-13-18-25-32-40(31-24-17-12-9-6-3)42(46)48-39-30-23-16-21-28-35-43(36-37-44)34-27-20-15-19-26-33-41(45)47-38-29-22-14-11-8-5-2/h40,44H,4-39H2,1-3H3. The molecule has 0 aromatic carbocycles. The number of rotatable bonds is 39. The largest absolute Gasteiger partial charge is 0.466 e. The Hall–Kier alpha value is -1.14. The van der Waals surface area contributed by atoms with Crippen molar-refractivity contribution < 1.29 is 24.2 Å². The fourth-order valence-electron chi connectivity index (χ4n) is 6.56. The minimum absolute atomic E-state index is 0.0327. The third-order valence-corrected chi connectivity index (χ3v) is 9.79. The van der Waals surface area contributed by atoms with Gasteiger partial charge in [0.2, 0.25) is 0 Å². The maximum atomic E-state index is 12.9. The van der Waals surface area contributed by atoms with E-state index in [2.05, 4.69) is 25.7 Å². The molecule has 6 heteroatoms. The fraction of sp³-hybridized carbons (Fsp3) is 0.952. The van der Waals surface area contributed by atoms with Gasteiger partial charge in [-0.3, -0.25) is 9.59 Å². The minimum Gasteiger partial charge on any atom is -0.466 e. The average molecular weight is 682 g/mol. The van der Waals surface area contributed by atoms with E-state index in [0.29, 0.717) is 19.6 Å². The van der Waals surface area contributed by atoms with Crippen LogP contribution in [0.4, 0.5) is 0 Å². The molecule has 0 heterocycles. The zero-order valence-electron chi connectivity index (χ0n) is 32.6. The lowest BCUT2D eigenvalue weighted by Gasteiger charge is -2.21. The molecule has 1 unspecified atom stereocenters. The molecule has 0 bridgehead atoms. The molecule has 0 rings (SSSR count). The number of hydrogen-bond acceptors (Lipinski definition) is 6. The van der Waals surface area contributed by atoms with Gasteiger partial charge in [-0.25, -0.2) is 0 Å². The molecule has 0 aromatic rings. The molecule has 0 aliphatic rings. The van der Waals surface area contributed by atoms with Crippen molar-refractivity contribution in [1.29, 1.82) is 0 Å². The number of unbranched alkanes of at least 4 members (excludes halogenated alkanes) is 22. The number of hydrogen-bond donors (Lipinski definition) is 1. The van der Waals surface area contributed by atoms with E-state index < -0.39 is 0 Å². The van der Waals surface area contributed by atoms with Gasteiger partial charge < -0.3 is 19.5 Å². The first-order valence-corrected chi connectivity index (χ1v) is 21.2. The van der Waals surface area contributed by atoms with Gasteiger partial charge in [-0.15, -0.1) is 0 Å². The van der Waals surface area contributed by atoms with Crippen molar-refractivity contribution in [2.75, 3.05) is 39.5 Å². The summed E-state index contributed by atoms with van der Waals surface area (Å²) in [5, 5.41) is 9.52. The van der Waals surface area contributed by atoms with E-state index in [9.17, 15) is 14.7 Å². The maximum Gasteiger partial charge on any atom is 0.308 e. The molecule has 0 saturated carbocycles. The maximum absolute atomic E-state index is 12.9. The van der Waals surface area contributed by atoms with Gasteiger partial charge in [-0.05, 0) is 58.0 Å². The molecule has 1 N–H and O–H groups in total.